The second-order valence-electron chi connectivity index (χ2n) is 6.67. The molecule has 3 rings (SSSR count). The average molecular weight is 437 g/mol. The lowest BCUT2D eigenvalue weighted by Crippen LogP contribution is -2.31. The molecule has 0 atom stereocenters. The zero-order valence-electron chi connectivity index (χ0n) is 16.6. The molecule has 158 valence electrons. The van der Waals surface area contributed by atoms with Gasteiger partial charge in [0.25, 0.3) is 5.91 Å². The number of aromatic nitrogens is 2. The number of pyridine rings is 2. The summed E-state index contributed by atoms with van der Waals surface area (Å²) < 4.78 is 39.8. The van der Waals surface area contributed by atoms with Crippen LogP contribution in [-0.2, 0) is 6.18 Å². The third-order valence-electron chi connectivity index (χ3n) is 4.69. The van der Waals surface area contributed by atoms with Crippen LogP contribution in [0.3, 0.4) is 0 Å². The van der Waals surface area contributed by atoms with Crippen molar-refractivity contribution in [1.29, 1.82) is 0 Å². The van der Waals surface area contributed by atoms with Gasteiger partial charge in [-0.1, -0.05) is 11.6 Å². The number of alkyl halides is 3. The summed E-state index contributed by atoms with van der Waals surface area (Å²) in [7, 11) is 0. The first-order valence-corrected chi connectivity index (χ1v) is 9.72. The lowest BCUT2D eigenvalue weighted by molar-refractivity contribution is -0.137. The Morgan fingerprint density at radius 1 is 1.17 bits per heavy atom. The number of halogens is 4. The van der Waals surface area contributed by atoms with Gasteiger partial charge in [-0.25, -0.2) is 9.97 Å². The van der Waals surface area contributed by atoms with Gasteiger partial charge in [0.2, 0.25) is 0 Å². The fourth-order valence-electron chi connectivity index (χ4n) is 3.11. The molecule has 0 bridgehead atoms. The van der Waals surface area contributed by atoms with E-state index in [1.807, 2.05) is 13.8 Å². The minimum atomic E-state index is -4.60. The van der Waals surface area contributed by atoms with Gasteiger partial charge in [-0.05, 0) is 51.1 Å². The second kappa shape index (κ2) is 8.47. The molecular formula is C21H20ClF3N4O. The van der Waals surface area contributed by atoms with Crippen molar-refractivity contribution >= 4 is 39.9 Å². The molecule has 0 aliphatic rings. The summed E-state index contributed by atoms with van der Waals surface area (Å²) in [4.78, 5) is 23.3. The van der Waals surface area contributed by atoms with Crippen LogP contribution in [0.1, 0.15) is 35.5 Å². The highest BCUT2D eigenvalue weighted by molar-refractivity contribution is 6.31. The molecule has 0 radical (unpaired) electrons. The maximum absolute atomic E-state index is 13.3. The van der Waals surface area contributed by atoms with Crippen molar-refractivity contribution in [2.75, 3.05) is 18.4 Å². The van der Waals surface area contributed by atoms with Crippen LogP contribution >= 0.6 is 11.6 Å². The molecule has 0 aliphatic carbocycles. The zero-order chi connectivity index (χ0) is 22.1. The monoisotopic (exact) mass is 436 g/mol. The van der Waals surface area contributed by atoms with Crippen LogP contribution in [-0.4, -0.2) is 33.9 Å². The largest absolute Gasteiger partial charge is 0.417 e. The molecule has 2 heterocycles. The Kier molecular flexibility index (Phi) is 6.17. The summed E-state index contributed by atoms with van der Waals surface area (Å²) >= 11 is 5.73. The van der Waals surface area contributed by atoms with Crippen LogP contribution < -0.4 is 5.32 Å². The highest BCUT2D eigenvalue weighted by atomic mass is 35.5. The minimum absolute atomic E-state index is 0.147. The third kappa shape index (κ3) is 4.33. The molecule has 2 aromatic heterocycles. The van der Waals surface area contributed by atoms with Gasteiger partial charge in [0.05, 0.1) is 21.8 Å². The summed E-state index contributed by atoms with van der Waals surface area (Å²) in [5.41, 5.74) is 0.903. The van der Waals surface area contributed by atoms with E-state index in [-0.39, 0.29) is 17.2 Å². The molecule has 0 aliphatic heterocycles. The lowest BCUT2D eigenvalue weighted by Gasteiger charge is -2.22. The van der Waals surface area contributed by atoms with E-state index in [1.165, 1.54) is 18.3 Å². The molecule has 1 N–H and O–H groups in total. The Bertz CT molecular complexity index is 1100. The van der Waals surface area contributed by atoms with E-state index in [2.05, 4.69) is 15.3 Å². The van der Waals surface area contributed by atoms with Gasteiger partial charge >= 0.3 is 6.18 Å². The predicted molar refractivity (Wildman–Crippen MR) is 111 cm³/mol. The van der Waals surface area contributed by atoms with E-state index >= 15 is 0 Å². The first-order chi connectivity index (χ1) is 14.2. The average Bonchev–Trinajstić information content (AvgIpc) is 2.69. The molecule has 9 heteroatoms. The van der Waals surface area contributed by atoms with Crippen molar-refractivity contribution in [1.82, 2.24) is 14.9 Å². The molecule has 3 aromatic rings. The second-order valence-corrected chi connectivity index (χ2v) is 7.07. The van der Waals surface area contributed by atoms with E-state index in [1.54, 1.807) is 24.0 Å². The highest BCUT2D eigenvalue weighted by Gasteiger charge is 2.33. The standard InChI is InChI=1S/C21H20ClF3N4O/c1-4-29(5-2)20(30)15-11-26-19-14(8-6-12(3)27-19)18(15)28-13-7-9-17(22)16(10-13)21(23,24)25/h6-11H,4-5H2,1-3H3,(H,26,27,28). The van der Waals surface area contributed by atoms with Crippen LogP contribution in [0.5, 0.6) is 0 Å². The van der Waals surface area contributed by atoms with Crippen molar-refractivity contribution in [3.8, 4) is 0 Å². The van der Waals surface area contributed by atoms with Gasteiger partial charge < -0.3 is 10.2 Å². The number of nitrogens with zero attached hydrogens (tertiary/aromatic N) is 3. The lowest BCUT2D eigenvalue weighted by atomic mass is 10.1. The number of anilines is 2. The fraction of sp³-hybridized carbons (Fsp3) is 0.286. The summed E-state index contributed by atoms with van der Waals surface area (Å²) in [6.45, 7) is 6.47. The van der Waals surface area contributed by atoms with E-state index in [0.29, 0.717) is 29.8 Å². The third-order valence-corrected chi connectivity index (χ3v) is 5.02. The Morgan fingerprint density at radius 3 is 2.50 bits per heavy atom. The number of amides is 1. The molecule has 1 aromatic carbocycles. The van der Waals surface area contributed by atoms with E-state index in [9.17, 15) is 18.0 Å². The number of carbonyl (C=O) groups excluding carboxylic acids is 1. The molecule has 30 heavy (non-hydrogen) atoms. The molecule has 5 nitrogen and oxygen atoms in total. The van der Waals surface area contributed by atoms with Gasteiger partial charge in [-0.2, -0.15) is 13.2 Å². The van der Waals surface area contributed by atoms with Gasteiger partial charge in [-0.3, -0.25) is 4.79 Å². The van der Waals surface area contributed by atoms with Crippen molar-refractivity contribution in [3.05, 3.63) is 58.4 Å². The van der Waals surface area contributed by atoms with Crippen LogP contribution in [0, 0.1) is 6.92 Å². The highest BCUT2D eigenvalue weighted by Crippen LogP contribution is 2.37. The van der Waals surface area contributed by atoms with Gasteiger partial charge in [0, 0.05) is 36.1 Å². The number of aryl methyl sites for hydroxylation is 1. The quantitative estimate of drug-likeness (QED) is 0.546. The van der Waals surface area contributed by atoms with E-state index < -0.39 is 16.8 Å². The molecule has 0 spiro atoms. The number of carbonyl (C=O) groups is 1. The maximum atomic E-state index is 13.3. The molecule has 1 amide bonds. The first-order valence-electron chi connectivity index (χ1n) is 9.35. The van der Waals surface area contributed by atoms with E-state index in [0.717, 1.165) is 11.8 Å². The van der Waals surface area contributed by atoms with Gasteiger partial charge in [0.15, 0.2) is 5.65 Å². The van der Waals surface area contributed by atoms with E-state index in [4.69, 9.17) is 11.6 Å². The van der Waals surface area contributed by atoms with Crippen molar-refractivity contribution in [3.63, 3.8) is 0 Å². The van der Waals surface area contributed by atoms with Crippen LogP contribution in [0.25, 0.3) is 11.0 Å². The fourth-order valence-corrected chi connectivity index (χ4v) is 3.34. The Labute approximate surface area is 176 Å². The zero-order valence-corrected chi connectivity index (χ0v) is 17.4. The topological polar surface area (TPSA) is 58.1 Å². The summed E-state index contributed by atoms with van der Waals surface area (Å²) in [5, 5.41) is 3.10. The van der Waals surface area contributed by atoms with Crippen LogP contribution in [0.4, 0.5) is 24.5 Å². The van der Waals surface area contributed by atoms with Crippen molar-refractivity contribution in [2.24, 2.45) is 0 Å². The van der Waals surface area contributed by atoms with Crippen molar-refractivity contribution in [2.45, 2.75) is 26.9 Å². The number of benzene rings is 1. The molecular weight excluding hydrogens is 417 g/mol. The number of hydrogen-bond acceptors (Lipinski definition) is 4. The normalized spacial score (nSPS) is 11.6. The number of fused-ring (bicyclic) bond motifs is 1. The van der Waals surface area contributed by atoms with Gasteiger partial charge in [-0.15, -0.1) is 0 Å². The first kappa shape index (κ1) is 21.8. The Morgan fingerprint density at radius 2 is 1.87 bits per heavy atom. The molecule has 0 fully saturated rings. The minimum Gasteiger partial charge on any atom is -0.354 e. The number of rotatable bonds is 5. The maximum Gasteiger partial charge on any atom is 0.417 e. The molecule has 0 saturated carbocycles. The summed E-state index contributed by atoms with van der Waals surface area (Å²) in [6.07, 6.45) is -3.20. The smallest absolute Gasteiger partial charge is 0.354 e. The van der Waals surface area contributed by atoms with Crippen molar-refractivity contribution < 1.29 is 18.0 Å². The summed E-state index contributed by atoms with van der Waals surface area (Å²) in [5.74, 6) is -0.275. The molecule has 0 saturated heterocycles. The number of hydrogen-bond donors (Lipinski definition) is 1. The van der Waals surface area contributed by atoms with Crippen LogP contribution in [0.2, 0.25) is 5.02 Å². The Hall–Kier alpha value is -2.87. The SMILES string of the molecule is CCN(CC)C(=O)c1cnc2nc(C)ccc2c1Nc1ccc(Cl)c(C(F)(F)F)c1. The summed E-state index contributed by atoms with van der Waals surface area (Å²) in [6, 6.07) is 7.01. The van der Waals surface area contributed by atoms with Gasteiger partial charge in [0.1, 0.15) is 0 Å². The Balaban J connectivity index is 2.18. The molecule has 0 unspecified atom stereocenters. The van der Waals surface area contributed by atoms with Crippen LogP contribution in [0.15, 0.2) is 36.5 Å². The number of nitrogens with one attached hydrogen (secondary N) is 1. The predicted octanol–water partition coefficient (Wildman–Crippen LogP) is 5.84.